The van der Waals surface area contributed by atoms with Crippen LogP contribution < -0.4 is 5.32 Å². The van der Waals surface area contributed by atoms with Gasteiger partial charge in [0, 0.05) is 16.2 Å². The number of pyridine rings is 1. The third-order valence-electron chi connectivity index (χ3n) is 1.76. The zero-order valence-electron chi connectivity index (χ0n) is 6.71. The van der Waals surface area contributed by atoms with E-state index in [0.717, 1.165) is 15.7 Å². The molecule has 4 nitrogen and oxygen atoms in total. The number of nitrogens with one attached hydrogen (secondary N) is 1. The third kappa shape index (κ3) is 1.71. The van der Waals surface area contributed by atoms with E-state index in [-0.39, 0.29) is 12.5 Å². The van der Waals surface area contributed by atoms with Gasteiger partial charge >= 0.3 is 0 Å². The quantitative estimate of drug-likeness (QED) is 0.747. The molecule has 1 amide bonds. The molecule has 1 aromatic heterocycles. The Kier molecular flexibility index (Phi) is 2.28. The van der Waals surface area contributed by atoms with Gasteiger partial charge in [0.25, 0.3) is 0 Å². The Labute approximate surface area is 83.4 Å². The average molecular weight is 243 g/mol. The molecule has 0 radical (unpaired) electrons. The Morgan fingerprint density at radius 3 is 3.15 bits per heavy atom. The number of rotatable bonds is 0. The van der Waals surface area contributed by atoms with Crippen molar-refractivity contribution in [1.29, 1.82) is 0 Å². The smallest absolute Gasteiger partial charge is 0.250 e. The number of nitrogens with zero attached hydrogens (tertiary/aromatic N) is 1. The predicted molar refractivity (Wildman–Crippen MR) is 50.2 cm³/mol. The van der Waals surface area contributed by atoms with Crippen molar-refractivity contribution < 1.29 is 9.53 Å². The molecule has 1 aliphatic rings. The summed E-state index contributed by atoms with van der Waals surface area (Å²) >= 11 is 3.34. The zero-order chi connectivity index (χ0) is 9.26. The van der Waals surface area contributed by atoms with Gasteiger partial charge in [-0.05, 0) is 15.9 Å². The third-order valence-corrected chi connectivity index (χ3v) is 2.44. The fourth-order valence-corrected chi connectivity index (χ4v) is 1.59. The largest absolute Gasteiger partial charge is 0.367 e. The molecule has 0 aliphatic carbocycles. The summed E-state index contributed by atoms with van der Waals surface area (Å²) in [6.45, 7) is 0.526. The van der Waals surface area contributed by atoms with E-state index in [4.69, 9.17) is 4.74 Å². The van der Waals surface area contributed by atoms with Crippen molar-refractivity contribution in [3.63, 3.8) is 0 Å². The number of anilines is 1. The number of hydrogen-bond donors (Lipinski definition) is 1. The van der Waals surface area contributed by atoms with Crippen molar-refractivity contribution in [3.05, 3.63) is 22.4 Å². The van der Waals surface area contributed by atoms with Crippen LogP contribution in [0.15, 0.2) is 16.9 Å². The van der Waals surface area contributed by atoms with Gasteiger partial charge in [-0.2, -0.15) is 0 Å². The van der Waals surface area contributed by atoms with E-state index in [9.17, 15) is 4.79 Å². The van der Waals surface area contributed by atoms with Crippen molar-refractivity contribution in [2.75, 3.05) is 11.9 Å². The minimum absolute atomic E-state index is 0.0983. The molecule has 1 aromatic rings. The summed E-state index contributed by atoms with van der Waals surface area (Å²) in [4.78, 5) is 15.0. The highest BCUT2D eigenvalue weighted by Crippen LogP contribution is 2.25. The topological polar surface area (TPSA) is 51.2 Å². The molecule has 2 heterocycles. The summed E-state index contributed by atoms with van der Waals surface area (Å²) in [5, 5.41) is 2.71. The summed E-state index contributed by atoms with van der Waals surface area (Å²) in [5.74, 6) is -0.140. The highest BCUT2D eigenvalue weighted by atomic mass is 79.9. The molecule has 1 aliphatic heterocycles. The average Bonchev–Trinajstić information content (AvgIpc) is 2.27. The van der Waals surface area contributed by atoms with E-state index >= 15 is 0 Å². The van der Waals surface area contributed by atoms with Gasteiger partial charge in [0.05, 0.1) is 18.5 Å². The van der Waals surface area contributed by atoms with Crippen LogP contribution in [0.3, 0.4) is 0 Å². The summed E-state index contributed by atoms with van der Waals surface area (Å²) < 4.78 is 6.00. The second-order valence-corrected chi connectivity index (χ2v) is 3.54. The van der Waals surface area contributed by atoms with Gasteiger partial charge in [0.1, 0.15) is 6.61 Å². The highest BCUT2D eigenvalue weighted by molar-refractivity contribution is 9.10. The van der Waals surface area contributed by atoms with Crippen LogP contribution in [0.1, 0.15) is 5.56 Å². The van der Waals surface area contributed by atoms with Gasteiger partial charge < -0.3 is 10.1 Å². The van der Waals surface area contributed by atoms with E-state index in [1.807, 2.05) is 0 Å². The van der Waals surface area contributed by atoms with E-state index in [1.165, 1.54) is 0 Å². The highest BCUT2D eigenvalue weighted by Gasteiger charge is 2.14. The predicted octanol–water partition coefficient (Wildman–Crippen LogP) is 1.31. The normalized spacial score (nSPS) is 15.9. The van der Waals surface area contributed by atoms with E-state index in [2.05, 4.69) is 26.2 Å². The molecule has 0 atom stereocenters. The summed E-state index contributed by atoms with van der Waals surface area (Å²) in [6, 6.07) is 0. The van der Waals surface area contributed by atoms with Gasteiger partial charge in [-0.15, -0.1) is 0 Å². The summed E-state index contributed by atoms with van der Waals surface area (Å²) in [5.41, 5.74) is 1.65. The molecule has 5 heteroatoms. The minimum Gasteiger partial charge on any atom is -0.367 e. The molecule has 68 valence electrons. The first-order valence-electron chi connectivity index (χ1n) is 3.77. The van der Waals surface area contributed by atoms with Gasteiger partial charge in [0.2, 0.25) is 5.91 Å². The first-order chi connectivity index (χ1) is 6.27. The molecule has 0 spiro atoms. The number of aromatic nitrogens is 1. The lowest BCUT2D eigenvalue weighted by atomic mass is 10.2. The molecule has 0 bridgehead atoms. The molecule has 2 rings (SSSR count). The van der Waals surface area contributed by atoms with Crippen LogP contribution in [-0.2, 0) is 16.1 Å². The van der Waals surface area contributed by atoms with Crippen LogP contribution in [0.2, 0.25) is 0 Å². The lowest BCUT2D eigenvalue weighted by Crippen LogP contribution is -2.14. The van der Waals surface area contributed by atoms with Crippen molar-refractivity contribution in [3.8, 4) is 0 Å². The summed E-state index contributed by atoms with van der Waals surface area (Å²) in [6.07, 6.45) is 3.30. The Morgan fingerprint density at radius 2 is 2.31 bits per heavy atom. The van der Waals surface area contributed by atoms with Crippen molar-refractivity contribution in [2.45, 2.75) is 6.61 Å². The number of halogens is 1. The van der Waals surface area contributed by atoms with Gasteiger partial charge in [0.15, 0.2) is 0 Å². The number of fused-ring (bicyclic) bond motifs is 1. The Balaban J connectivity index is 2.45. The molecule has 13 heavy (non-hydrogen) atoms. The monoisotopic (exact) mass is 242 g/mol. The standard InChI is InChI=1S/C8H7BrN2O2/c9-6-1-10-2-7-5(6)3-13-4-8(12)11-7/h1-2H,3-4H2,(H,11,12). The molecule has 0 saturated carbocycles. The van der Waals surface area contributed by atoms with Gasteiger partial charge in [-0.1, -0.05) is 0 Å². The van der Waals surface area contributed by atoms with Gasteiger partial charge in [-0.3, -0.25) is 9.78 Å². The lowest BCUT2D eigenvalue weighted by molar-refractivity contribution is -0.120. The molecular weight excluding hydrogens is 236 g/mol. The second-order valence-electron chi connectivity index (χ2n) is 2.69. The number of hydrogen-bond acceptors (Lipinski definition) is 3. The molecule has 0 fully saturated rings. The van der Waals surface area contributed by atoms with E-state index < -0.39 is 0 Å². The number of carbonyl (C=O) groups is 1. The van der Waals surface area contributed by atoms with E-state index in [1.54, 1.807) is 12.4 Å². The number of amides is 1. The second kappa shape index (κ2) is 3.43. The van der Waals surface area contributed by atoms with Crippen molar-refractivity contribution in [2.24, 2.45) is 0 Å². The van der Waals surface area contributed by atoms with Crippen molar-refractivity contribution in [1.82, 2.24) is 4.98 Å². The SMILES string of the molecule is O=C1COCc2c(Br)cncc2N1. The Morgan fingerprint density at radius 1 is 1.46 bits per heavy atom. The fraction of sp³-hybridized carbons (Fsp3) is 0.250. The Hall–Kier alpha value is -0.940. The fourth-order valence-electron chi connectivity index (χ4n) is 1.15. The lowest BCUT2D eigenvalue weighted by Gasteiger charge is -2.05. The first kappa shape index (κ1) is 8.65. The summed E-state index contributed by atoms with van der Waals surface area (Å²) in [7, 11) is 0. The van der Waals surface area contributed by atoms with Crippen molar-refractivity contribution >= 4 is 27.5 Å². The van der Waals surface area contributed by atoms with Crippen LogP contribution in [0.4, 0.5) is 5.69 Å². The zero-order valence-corrected chi connectivity index (χ0v) is 8.30. The van der Waals surface area contributed by atoms with Crippen LogP contribution in [-0.4, -0.2) is 17.5 Å². The maximum Gasteiger partial charge on any atom is 0.250 e. The molecule has 1 N–H and O–H groups in total. The maximum atomic E-state index is 11.1. The van der Waals surface area contributed by atoms with Crippen LogP contribution in [0, 0.1) is 0 Å². The molecule has 0 unspecified atom stereocenters. The van der Waals surface area contributed by atoms with Crippen LogP contribution in [0.25, 0.3) is 0 Å². The molecule has 0 aromatic carbocycles. The van der Waals surface area contributed by atoms with E-state index in [0.29, 0.717) is 6.61 Å². The Bertz CT molecular complexity index is 354. The van der Waals surface area contributed by atoms with Crippen LogP contribution in [0.5, 0.6) is 0 Å². The first-order valence-corrected chi connectivity index (χ1v) is 4.56. The van der Waals surface area contributed by atoms with Crippen LogP contribution >= 0.6 is 15.9 Å². The molecular formula is C8H7BrN2O2. The molecule has 0 saturated heterocycles. The number of carbonyl (C=O) groups excluding carboxylic acids is 1. The maximum absolute atomic E-state index is 11.1. The number of ether oxygens (including phenoxy) is 1. The minimum atomic E-state index is -0.140. The van der Waals surface area contributed by atoms with Gasteiger partial charge in [-0.25, -0.2) is 0 Å².